The summed E-state index contributed by atoms with van der Waals surface area (Å²) in [5.41, 5.74) is -0.290. The van der Waals surface area contributed by atoms with Gasteiger partial charge in [-0.05, 0) is 66.4 Å². The van der Waals surface area contributed by atoms with Gasteiger partial charge in [0, 0.05) is 24.9 Å². The van der Waals surface area contributed by atoms with Gasteiger partial charge in [0.05, 0.1) is 0 Å². The van der Waals surface area contributed by atoms with Gasteiger partial charge in [0.2, 0.25) is 0 Å². The number of likely N-dealkylation sites (tertiary alicyclic amines) is 1. The van der Waals surface area contributed by atoms with Crippen molar-refractivity contribution in [2.45, 2.75) is 96.7 Å². The lowest BCUT2D eigenvalue weighted by molar-refractivity contribution is -0.161. The Morgan fingerprint density at radius 2 is 1.66 bits per heavy atom. The second-order valence-corrected chi connectivity index (χ2v) is 11.3. The molecule has 0 unspecified atom stereocenters. The van der Waals surface area contributed by atoms with Crippen molar-refractivity contribution in [3.8, 4) is 0 Å². The van der Waals surface area contributed by atoms with Crippen LogP contribution in [0.5, 0.6) is 0 Å². The molecule has 35 heavy (non-hydrogen) atoms. The number of nitrogens with zero attached hydrogens (tertiary/aromatic N) is 2. The van der Waals surface area contributed by atoms with Crippen LogP contribution in [-0.4, -0.2) is 74.6 Å². The molecule has 1 heterocycles. The normalized spacial score (nSPS) is 19.7. The second-order valence-electron chi connectivity index (χ2n) is 10.9. The maximum absolute atomic E-state index is 13.0. The zero-order valence-electron chi connectivity index (χ0n) is 21.7. The van der Waals surface area contributed by atoms with Crippen molar-refractivity contribution in [2.24, 2.45) is 0 Å². The van der Waals surface area contributed by atoms with E-state index in [0.717, 1.165) is 12.0 Å². The van der Waals surface area contributed by atoms with Gasteiger partial charge < -0.3 is 14.6 Å². The van der Waals surface area contributed by atoms with E-state index in [2.05, 4.69) is 17.5 Å². The molecule has 1 aliphatic rings. The van der Waals surface area contributed by atoms with E-state index in [4.69, 9.17) is 9.47 Å². The molecule has 0 spiro atoms. The Morgan fingerprint density at radius 1 is 1.06 bits per heavy atom. The van der Waals surface area contributed by atoms with Crippen LogP contribution in [0.3, 0.4) is 0 Å². The third-order valence-corrected chi connectivity index (χ3v) is 6.04. The fourth-order valence-corrected chi connectivity index (χ4v) is 4.55. The SMILES string of the molecule is CC(C)(C)OC(=O)[C@@H]1CC[C@H](CCN(C(=O)OC(C)(C)C)[C@@H](CS)C(=O)O)N1Cc1ccccc1. The molecular weight excluding hydrogens is 468 g/mol. The predicted molar refractivity (Wildman–Crippen MR) is 137 cm³/mol. The highest BCUT2D eigenvalue weighted by atomic mass is 32.1. The molecule has 1 aliphatic heterocycles. The summed E-state index contributed by atoms with van der Waals surface area (Å²) in [6, 6.07) is 8.32. The molecule has 1 aromatic carbocycles. The first-order chi connectivity index (χ1) is 16.2. The Hall–Kier alpha value is -2.26. The fraction of sp³-hybridized carbons (Fsp3) is 0.654. The fourth-order valence-electron chi connectivity index (χ4n) is 4.20. The van der Waals surface area contributed by atoms with Crippen LogP contribution in [0.4, 0.5) is 4.79 Å². The molecule has 8 nitrogen and oxygen atoms in total. The smallest absolute Gasteiger partial charge is 0.411 e. The first-order valence-corrected chi connectivity index (χ1v) is 12.7. The van der Waals surface area contributed by atoms with Gasteiger partial charge in [0.15, 0.2) is 0 Å². The number of ether oxygens (including phenoxy) is 2. The highest BCUT2D eigenvalue weighted by molar-refractivity contribution is 7.80. The summed E-state index contributed by atoms with van der Waals surface area (Å²) in [6.45, 7) is 11.5. The Morgan fingerprint density at radius 3 is 2.17 bits per heavy atom. The molecule has 0 aromatic heterocycles. The monoisotopic (exact) mass is 508 g/mol. The molecule has 0 saturated carbocycles. The van der Waals surface area contributed by atoms with Gasteiger partial charge in [0.1, 0.15) is 23.3 Å². The van der Waals surface area contributed by atoms with Crippen LogP contribution in [0.15, 0.2) is 30.3 Å². The van der Waals surface area contributed by atoms with Crippen LogP contribution in [0.1, 0.15) is 66.4 Å². The van der Waals surface area contributed by atoms with Crippen LogP contribution in [0.2, 0.25) is 0 Å². The summed E-state index contributed by atoms with van der Waals surface area (Å²) in [5.74, 6) is -1.43. The summed E-state index contributed by atoms with van der Waals surface area (Å²) in [6.07, 6.45) is 1.17. The number of thiol groups is 1. The molecule has 2 rings (SSSR count). The van der Waals surface area contributed by atoms with Gasteiger partial charge in [-0.2, -0.15) is 12.6 Å². The highest BCUT2D eigenvalue weighted by Crippen LogP contribution is 2.31. The number of carbonyl (C=O) groups is 3. The predicted octanol–water partition coefficient (Wildman–Crippen LogP) is 4.37. The Labute approximate surface area is 214 Å². The van der Waals surface area contributed by atoms with Crippen molar-refractivity contribution in [2.75, 3.05) is 12.3 Å². The quantitative estimate of drug-likeness (QED) is 0.378. The number of carboxylic acid groups (broad SMARTS) is 1. The lowest BCUT2D eigenvalue weighted by Gasteiger charge is -2.34. The van der Waals surface area contributed by atoms with Crippen molar-refractivity contribution in [1.29, 1.82) is 0 Å². The Kier molecular flexibility index (Phi) is 10.0. The van der Waals surface area contributed by atoms with E-state index in [-0.39, 0.29) is 24.3 Å². The van der Waals surface area contributed by atoms with Crippen LogP contribution < -0.4 is 0 Å². The van der Waals surface area contributed by atoms with Crippen LogP contribution in [0, 0.1) is 0 Å². The van der Waals surface area contributed by atoms with E-state index < -0.39 is 35.3 Å². The topological polar surface area (TPSA) is 96.4 Å². The maximum Gasteiger partial charge on any atom is 0.411 e. The summed E-state index contributed by atoms with van der Waals surface area (Å²) in [7, 11) is 0. The van der Waals surface area contributed by atoms with Crippen LogP contribution in [-0.2, 0) is 25.6 Å². The molecule has 0 bridgehead atoms. The van der Waals surface area contributed by atoms with Crippen LogP contribution in [0.25, 0.3) is 0 Å². The lowest BCUT2D eigenvalue weighted by Crippen LogP contribution is -2.50. The molecule has 9 heteroatoms. The zero-order valence-corrected chi connectivity index (χ0v) is 22.6. The summed E-state index contributed by atoms with van der Waals surface area (Å²) in [4.78, 5) is 41.1. The largest absolute Gasteiger partial charge is 0.480 e. The number of rotatable bonds is 9. The van der Waals surface area contributed by atoms with Crippen molar-refractivity contribution in [1.82, 2.24) is 9.80 Å². The number of carboxylic acids is 1. The maximum atomic E-state index is 13.0. The lowest BCUT2D eigenvalue weighted by atomic mass is 10.1. The molecule has 0 aliphatic carbocycles. The summed E-state index contributed by atoms with van der Waals surface area (Å²) < 4.78 is 11.2. The molecule has 1 N–H and O–H groups in total. The summed E-state index contributed by atoms with van der Waals surface area (Å²) in [5, 5.41) is 9.68. The molecule has 1 amide bonds. The first kappa shape index (κ1) is 29.0. The number of esters is 1. The number of benzene rings is 1. The van der Waals surface area contributed by atoms with E-state index in [0.29, 0.717) is 19.4 Å². The van der Waals surface area contributed by atoms with Gasteiger partial charge in [-0.15, -0.1) is 0 Å². The molecule has 196 valence electrons. The minimum absolute atomic E-state index is 0.0342. The minimum atomic E-state index is -1.13. The van der Waals surface area contributed by atoms with Crippen molar-refractivity contribution in [3.05, 3.63) is 35.9 Å². The zero-order chi connectivity index (χ0) is 26.4. The van der Waals surface area contributed by atoms with E-state index in [9.17, 15) is 19.5 Å². The third kappa shape index (κ3) is 9.04. The average molecular weight is 509 g/mol. The third-order valence-electron chi connectivity index (χ3n) is 5.69. The number of hydrogen-bond donors (Lipinski definition) is 2. The Bertz CT molecular complexity index is 865. The van der Waals surface area contributed by atoms with E-state index in [1.54, 1.807) is 20.8 Å². The van der Waals surface area contributed by atoms with E-state index in [1.165, 1.54) is 4.90 Å². The van der Waals surface area contributed by atoms with Gasteiger partial charge in [-0.25, -0.2) is 9.59 Å². The van der Waals surface area contributed by atoms with Crippen molar-refractivity contribution >= 4 is 30.7 Å². The van der Waals surface area contributed by atoms with Gasteiger partial charge in [0.25, 0.3) is 0 Å². The second kappa shape index (κ2) is 12.1. The standard InChI is InChI=1S/C26H40N2O6S/c1-25(2,3)33-23(31)20-13-12-19(28(20)16-18-10-8-7-9-11-18)14-15-27(21(17-35)22(29)30)24(32)34-26(4,5)6/h7-11,19-21,35H,12-17H2,1-6H3,(H,29,30)/t19-,20+,21+/m1/s1. The Balaban J connectivity index is 2.24. The first-order valence-electron chi connectivity index (χ1n) is 12.1. The van der Waals surface area contributed by atoms with E-state index >= 15 is 0 Å². The average Bonchev–Trinajstić information content (AvgIpc) is 3.11. The van der Waals surface area contributed by atoms with Crippen molar-refractivity contribution < 1.29 is 29.0 Å². The highest BCUT2D eigenvalue weighted by Gasteiger charge is 2.41. The molecule has 1 aromatic rings. The molecule has 1 fully saturated rings. The number of carbonyl (C=O) groups excluding carboxylic acids is 2. The van der Waals surface area contributed by atoms with Crippen LogP contribution >= 0.6 is 12.6 Å². The number of amides is 1. The van der Waals surface area contributed by atoms with Gasteiger partial charge in [-0.3, -0.25) is 14.6 Å². The molecule has 1 saturated heterocycles. The van der Waals surface area contributed by atoms with E-state index in [1.807, 2.05) is 51.1 Å². The number of hydrogen-bond acceptors (Lipinski definition) is 7. The molecular formula is C26H40N2O6S. The minimum Gasteiger partial charge on any atom is -0.480 e. The van der Waals surface area contributed by atoms with Gasteiger partial charge >= 0.3 is 18.0 Å². The molecule has 3 atom stereocenters. The van der Waals surface area contributed by atoms with Gasteiger partial charge in [-0.1, -0.05) is 30.3 Å². The molecule has 0 radical (unpaired) electrons. The number of aliphatic carboxylic acids is 1. The van der Waals surface area contributed by atoms with Crippen molar-refractivity contribution in [3.63, 3.8) is 0 Å². The summed E-state index contributed by atoms with van der Waals surface area (Å²) >= 11 is 4.17.